The summed E-state index contributed by atoms with van der Waals surface area (Å²) in [5, 5.41) is 3.03. The zero-order valence-corrected chi connectivity index (χ0v) is 12.0. The molecular weight excluding hydrogens is 254 g/mol. The molecule has 0 radical (unpaired) electrons. The van der Waals surface area contributed by atoms with Gasteiger partial charge in [0, 0.05) is 44.6 Å². The summed E-state index contributed by atoms with van der Waals surface area (Å²) >= 11 is 0. The average Bonchev–Trinajstić information content (AvgIpc) is 3.07. The van der Waals surface area contributed by atoms with Gasteiger partial charge in [0.2, 0.25) is 0 Å². The lowest BCUT2D eigenvalue weighted by molar-refractivity contribution is 0.131. The molecule has 0 unspecified atom stereocenters. The number of carbonyl (C=O) groups is 1. The van der Waals surface area contributed by atoms with Crippen LogP contribution in [0.4, 0.5) is 4.79 Å². The van der Waals surface area contributed by atoms with E-state index in [-0.39, 0.29) is 6.03 Å². The topological polar surface area (TPSA) is 53.4 Å². The van der Waals surface area contributed by atoms with Gasteiger partial charge in [-0.1, -0.05) is 0 Å². The molecule has 2 amide bonds. The van der Waals surface area contributed by atoms with Crippen molar-refractivity contribution in [1.82, 2.24) is 24.7 Å². The van der Waals surface area contributed by atoms with Crippen LogP contribution in [-0.2, 0) is 6.54 Å². The molecule has 2 fully saturated rings. The standard InChI is InChI=1S/C14H23N5O/c1-17-6-2-12-3-7-19(13(12)10-17)14(20)16-5-9-18-8-4-15-11-18/h4,8,11-13H,2-3,5-7,9-10H2,1H3,(H,16,20)/t12-,13-/m1/s1. The largest absolute Gasteiger partial charge is 0.336 e. The minimum atomic E-state index is 0.0907. The van der Waals surface area contributed by atoms with Crippen molar-refractivity contribution < 1.29 is 4.79 Å². The molecule has 2 aliphatic heterocycles. The fourth-order valence-corrected chi connectivity index (χ4v) is 3.36. The SMILES string of the molecule is CN1CC[C@@H]2CCN(C(=O)NCCn3ccnc3)[C@@H]2C1. The number of piperidine rings is 1. The van der Waals surface area contributed by atoms with Crippen molar-refractivity contribution in [3.05, 3.63) is 18.7 Å². The van der Waals surface area contributed by atoms with Crippen LogP contribution in [0.5, 0.6) is 0 Å². The quantitative estimate of drug-likeness (QED) is 0.881. The normalized spacial score (nSPS) is 26.6. The van der Waals surface area contributed by atoms with Crippen molar-refractivity contribution in [3.8, 4) is 0 Å². The molecule has 110 valence electrons. The molecule has 3 heterocycles. The predicted molar refractivity (Wildman–Crippen MR) is 76.3 cm³/mol. The van der Waals surface area contributed by atoms with Gasteiger partial charge in [0.1, 0.15) is 0 Å². The molecule has 2 atom stereocenters. The Morgan fingerprint density at radius 3 is 3.05 bits per heavy atom. The monoisotopic (exact) mass is 277 g/mol. The minimum absolute atomic E-state index is 0.0907. The number of nitrogens with zero attached hydrogens (tertiary/aromatic N) is 4. The van der Waals surface area contributed by atoms with Gasteiger partial charge in [-0.3, -0.25) is 0 Å². The number of hydrogen-bond acceptors (Lipinski definition) is 3. The van der Waals surface area contributed by atoms with Crippen molar-refractivity contribution >= 4 is 6.03 Å². The van der Waals surface area contributed by atoms with Crippen LogP contribution in [0.2, 0.25) is 0 Å². The van der Waals surface area contributed by atoms with Crippen molar-refractivity contribution in [2.45, 2.75) is 25.4 Å². The third-order valence-corrected chi connectivity index (χ3v) is 4.53. The summed E-state index contributed by atoms with van der Waals surface area (Å²) in [7, 11) is 2.14. The summed E-state index contributed by atoms with van der Waals surface area (Å²) in [6, 6.07) is 0.495. The van der Waals surface area contributed by atoms with Gasteiger partial charge < -0.3 is 19.7 Å². The molecule has 0 spiro atoms. The van der Waals surface area contributed by atoms with Crippen LogP contribution in [0.15, 0.2) is 18.7 Å². The molecule has 6 heteroatoms. The fraction of sp³-hybridized carbons (Fsp3) is 0.714. The summed E-state index contributed by atoms with van der Waals surface area (Å²) in [4.78, 5) is 20.7. The second kappa shape index (κ2) is 5.83. The average molecular weight is 277 g/mol. The van der Waals surface area contributed by atoms with Gasteiger partial charge in [-0.2, -0.15) is 0 Å². The number of hydrogen-bond donors (Lipinski definition) is 1. The van der Waals surface area contributed by atoms with Crippen LogP contribution in [-0.4, -0.2) is 64.7 Å². The Morgan fingerprint density at radius 1 is 1.40 bits per heavy atom. The van der Waals surface area contributed by atoms with Crippen LogP contribution in [0.3, 0.4) is 0 Å². The van der Waals surface area contributed by atoms with E-state index in [1.54, 1.807) is 12.5 Å². The highest BCUT2D eigenvalue weighted by atomic mass is 16.2. The van der Waals surface area contributed by atoms with Gasteiger partial charge in [0.05, 0.1) is 6.33 Å². The lowest BCUT2D eigenvalue weighted by Crippen LogP contribution is -2.51. The molecule has 0 bridgehead atoms. The molecule has 0 aromatic carbocycles. The van der Waals surface area contributed by atoms with E-state index in [9.17, 15) is 4.79 Å². The second-order valence-corrected chi connectivity index (χ2v) is 5.89. The van der Waals surface area contributed by atoms with E-state index in [1.807, 2.05) is 15.7 Å². The summed E-state index contributed by atoms with van der Waals surface area (Å²) in [6.07, 6.45) is 7.82. The molecule has 2 saturated heterocycles. The maximum Gasteiger partial charge on any atom is 0.317 e. The first-order valence-corrected chi connectivity index (χ1v) is 7.43. The summed E-state index contributed by atoms with van der Waals surface area (Å²) in [6.45, 7) is 4.50. The Bertz CT molecular complexity index is 446. The highest BCUT2D eigenvalue weighted by Crippen LogP contribution is 2.30. The molecule has 0 aliphatic carbocycles. The molecule has 20 heavy (non-hydrogen) atoms. The lowest BCUT2D eigenvalue weighted by atomic mass is 9.92. The Balaban J connectivity index is 1.49. The second-order valence-electron chi connectivity index (χ2n) is 5.89. The molecule has 6 nitrogen and oxygen atoms in total. The predicted octanol–water partition coefficient (Wildman–Crippen LogP) is 0.619. The van der Waals surface area contributed by atoms with Crippen molar-refractivity contribution in [1.29, 1.82) is 0 Å². The highest BCUT2D eigenvalue weighted by Gasteiger charge is 2.39. The number of rotatable bonds is 3. The smallest absolute Gasteiger partial charge is 0.317 e. The van der Waals surface area contributed by atoms with E-state index in [1.165, 1.54) is 6.42 Å². The Morgan fingerprint density at radius 2 is 2.25 bits per heavy atom. The summed E-state index contributed by atoms with van der Waals surface area (Å²) in [5.74, 6) is 0.700. The highest BCUT2D eigenvalue weighted by molar-refractivity contribution is 5.75. The third-order valence-electron chi connectivity index (χ3n) is 4.53. The van der Waals surface area contributed by atoms with E-state index in [0.717, 1.165) is 32.6 Å². The number of carbonyl (C=O) groups excluding carboxylic acids is 1. The number of nitrogens with one attached hydrogen (secondary N) is 1. The van der Waals surface area contributed by atoms with Gasteiger partial charge in [-0.15, -0.1) is 0 Å². The van der Waals surface area contributed by atoms with Crippen LogP contribution in [0.1, 0.15) is 12.8 Å². The molecule has 3 rings (SSSR count). The van der Waals surface area contributed by atoms with Crippen molar-refractivity contribution in [3.63, 3.8) is 0 Å². The number of amides is 2. The lowest BCUT2D eigenvalue weighted by Gasteiger charge is -2.36. The van der Waals surface area contributed by atoms with Gasteiger partial charge in [0.15, 0.2) is 0 Å². The van der Waals surface area contributed by atoms with Crippen LogP contribution in [0.25, 0.3) is 0 Å². The zero-order chi connectivity index (χ0) is 13.9. The van der Waals surface area contributed by atoms with E-state index in [2.05, 4.69) is 22.2 Å². The van der Waals surface area contributed by atoms with E-state index in [4.69, 9.17) is 0 Å². The zero-order valence-electron chi connectivity index (χ0n) is 12.0. The molecule has 1 aromatic rings. The molecule has 0 saturated carbocycles. The Kier molecular flexibility index (Phi) is 3.91. The van der Waals surface area contributed by atoms with Gasteiger partial charge in [-0.05, 0) is 32.4 Å². The van der Waals surface area contributed by atoms with Crippen LogP contribution in [0, 0.1) is 5.92 Å². The summed E-state index contributed by atoms with van der Waals surface area (Å²) in [5.41, 5.74) is 0. The first kappa shape index (κ1) is 13.4. The number of aromatic nitrogens is 2. The molecular formula is C14H23N5O. The number of likely N-dealkylation sites (N-methyl/N-ethyl adjacent to an activating group) is 1. The first-order valence-electron chi connectivity index (χ1n) is 7.43. The van der Waals surface area contributed by atoms with E-state index >= 15 is 0 Å². The number of urea groups is 1. The number of imidazole rings is 1. The fourth-order valence-electron chi connectivity index (χ4n) is 3.36. The Hall–Kier alpha value is -1.56. The third kappa shape index (κ3) is 2.80. The number of fused-ring (bicyclic) bond motifs is 1. The van der Waals surface area contributed by atoms with E-state index in [0.29, 0.717) is 18.5 Å². The maximum atomic E-state index is 12.3. The molecule has 1 N–H and O–H groups in total. The van der Waals surface area contributed by atoms with Crippen molar-refractivity contribution in [2.75, 3.05) is 33.2 Å². The maximum absolute atomic E-state index is 12.3. The number of likely N-dealkylation sites (tertiary alicyclic amines) is 2. The van der Waals surface area contributed by atoms with Crippen molar-refractivity contribution in [2.24, 2.45) is 5.92 Å². The molecule has 1 aromatic heterocycles. The van der Waals surface area contributed by atoms with Gasteiger partial charge in [0.25, 0.3) is 0 Å². The first-order chi connectivity index (χ1) is 9.74. The molecule has 2 aliphatic rings. The summed E-state index contributed by atoms with van der Waals surface area (Å²) < 4.78 is 1.97. The van der Waals surface area contributed by atoms with Crippen LogP contribution < -0.4 is 5.32 Å². The minimum Gasteiger partial charge on any atom is -0.336 e. The van der Waals surface area contributed by atoms with Gasteiger partial charge >= 0.3 is 6.03 Å². The van der Waals surface area contributed by atoms with Gasteiger partial charge in [-0.25, -0.2) is 9.78 Å². The van der Waals surface area contributed by atoms with E-state index < -0.39 is 0 Å². The van der Waals surface area contributed by atoms with Crippen LogP contribution >= 0.6 is 0 Å². The Labute approximate surface area is 119 Å².